The average molecular weight is 404 g/mol. The summed E-state index contributed by atoms with van der Waals surface area (Å²) in [4.78, 5) is 31.8. The van der Waals surface area contributed by atoms with Crippen LogP contribution in [0.4, 0.5) is 0 Å². The number of para-hydroxylation sites is 1. The fraction of sp³-hybridized carbons (Fsp3) is 0.409. The van der Waals surface area contributed by atoms with Gasteiger partial charge in [0.1, 0.15) is 11.7 Å². The van der Waals surface area contributed by atoms with E-state index in [1.807, 2.05) is 30.3 Å². The van der Waals surface area contributed by atoms with Crippen molar-refractivity contribution >= 4 is 11.8 Å². The van der Waals surface area contributed by atoms with Gasteiger partial charge in [-0.05, 0) is 25.0 Å². The number of nitrogens with one attached hydrogen (secondary N) is 1. The molecule has 4 rings (SSSR count). The lowest BCUT2D eigenvalue weighted by molar-refractivity contribution is -0.124. The van der Waals surface area contributed by atoms with Crippen LogP contribution >= 0.6 is 0 Å². The molecule has 1 unspecified atom stereocenters. The zero-order valence-electron chi connectivity index (χ0n) is 16.7. The molecule has 2 amide bonds. The molecule has 2 aromatic rings. The normalized spacial score (nSPS) is 18.8. The molecule has 0 radical (unpaired) electrons. The van der Waals surface area contributed by atoms with E-state index < -0.39 is 11.7 Å². The first-order valence-corrected chi connectivity index (χ1v) is 10.2. The number of likely N-dealkylation sites (tertiary alicyclic amines) is 1. The van der Waals surface area contributed by atoms with Gasteiger partial charge in [-0.3, -0.25) is 14.2 Å². The van der Waals surface area contributed by atoms with Crippen molar-refractivity contribution in [3.8, 4) is 18.0 Å². The molecule has 154 valence electrons. The number of hydrogen-bond acceptors (Lipinski definition) is 5. The Balaban J connectivity index is 1.38. The summed E-state index contributed by atoms with van der Waals surface area (Å²) in [6, 6.07) is 9.08. The Hall–Kier alpha value is -3.47. The van der Waals surface area contributed by atoms with Gasteiger partial charge in [-0.15, -0.1) is 12.3 Å². The SMILES string of the molecule is C#CCCC1(CCNC(=O)C2CCCN2C(=O)c2cncn2-c2ccccc2)N=N1. The Kier molecular flexibility index (Phi) is 5.61. The predicted molar refractivity (Wildman–Crippen MR) is 111 cm³/mol. The molecule has 2 aliphatic rings. The third-order valence-corrected chi connectivity index (χ3v) is 5.59. The van der Waals surface area contributed by atoms with E-state index in [0.717, 1.165) is 12.1 Å². The smallest absolute Gasteiger partial charge is 0.273 e. The second-order valence-corrected chi connectivity index (χ2v) is 7.57. The Labute approximate surface area is 175 Å². The van der Waals surface area contributed by atoms with Crippen molar-refractivity contribution in [2.45, 2.75) is 43.8 Å². The predicted octanol–water partition coefficient (Wildman–Crippen LogP) is 2.56. The van der Waals surface area contributed by atoms with E-state index in [-0.39, 0.29) is 11.8 Å². The molecule has 8 heteroatoms. The molecule has 1 N–H and O–H groups in total. The summed E-state index contributed by atoms with van der Waals surface area (Å²) in [5.74, 6) is 2.27. The van der Waals surface area contributed by atoms with E-state index in [1.54, 1.807) is 22.0 Å². The Bertz CT molecular complexity index is 985. The lowest BCUT2D eigenvalue weighted by Gasteiger charge is -2.24. The van der Waals surface area contributed by atoms with Crippen molar-refractivity contribution in [2.24, 2.45) is 10.2 Å². The average Bonchev–Trinajstić information content (AvgIpc) is 3.18. The number of aromatic nitrogens is 2. The Morgan fingerprint density at radius 3 is 2.77 bits per heavy atom. The van der Waals surface area contributed by atoms with Crippen LogP contribution < -0.4 is 5.32 Å². The van der Waals surface area contributed by atoms with Crippen LogP contribution in [0.2, 0.25) is 0 Å². The maximum atomic E-state index is 13.2. The van der Waals surface area contributed by atoms with E-state index >= 15 is 0 Å². The van der Waals surface area contributed by atoms with Crippen LogP contribution in [0.15, 0.2) is 53.1 Å². The molecule has 1 atom stereocenters. The molecule has 0 saturated carbocycles. The molecular formula is C22H24N6O2. The standard InChI is InChI=1S/C22H24N6O2/c1-2-3-11-22(25-26-22)12-13-24-20(29)18-10-7-14-27(18)21(30)19-15-23-16-28(19)17-8-5-4-6-9-17/h1,4-6,8-9,15-16,18H,3,7,10-14H2,(H,24,29). The highest BCUT2D eigenvalue weighted by Crippen LogP contribution is 2.36. The fourth-order valence-electron chi connectivity index (χ4n) is 3.85. The maximum absolute atomic E-state index is 13.2. The second kappa shape index (κ2) is 8.49. The summed E-state index contributed by atoms with van der Waals surface area (Å²) in [5, 5.41) is 11.1. The maximum Gasteiger partial charge on any atom is 0.273 e. The minimum Gasteiger partial charge on any atom is -0.354 e. The number of rotatable bonds is 8. The molecule has 1 saturated heterocycles. The molecule has 3 heterocycles. The van der Waals surface area contributed by atoms with Crippen molar-refractivity contribution in [3.63, 3.8) is 0 Å². The molecule has 0 spiro atoms. The van der Waals surface area contributed by atoms with Crippen LogP contribution in [0.5, 0.6) is 0 Å². The van der Waals surface area contributed by atoms with Gasteiger partial charge in [-0.2, -0.15) is 10.2 Å². The molecule has 1 fully saturated rings. The van der Waals surface area contributed by atoms with E-state index in [1.165, 1.54) is 0 Å². The fourth-order valence-corrected chi connectivity index (χ4v) is 3.85. The minimum absolute atomic E-state index is 0.139. The minimum atomic E-state index is -0.480. The molecular weight excluding hydrogens is 380 g/mol. The third-order valence-electron chi connectivity index (χ3n) is 5.59. The zero-order chi connectivity index (χ0) is 21.0. The zero-order valence-corrected chi connectivity index (χ0v) is 16.7. The van der Waals surface area contributed by atoms with Crippen LogP contribution in [-0.2, 0) is 4.79 Å². The molecule has 2 aliphatic heterocycles. The summed E-state index contributed by atoms with van der Waals surface area (Å²) in [7, 11) is 0. The Morgan fingerprint density at radius 2 is 2.03 bits per heavy atom. The molecule has 0 aliphatic carbocycles. The number of imidazole rings is 1. The van der Waals surface area contributed by atoms with Gasteiger partial charge in [0.25, 0.3) is 5.91 Å². The number of hydrogen-bond donors (Lipinski definition) is 1. The van der Waals surface area contributed by atoms with Crippen LogP contribution in [-0.4, -0.2) is 51.1 Å². The number of amides is 2. The highest BCUT2D eigenvalue weighted by Gasteiger charge is 2.40. The largest absolute Gasteiger partial charge is 0.354 e. The first-order chi connectivity index (χ1) is 14.6. The number of terminal acetylenes is 1. The van der Waals surface area contributed by atoms with E-state index in [4.69, 9.17) is 6.42 Å². The first kappa shape index (κ1) is 19.8. The van der Waals surface area contributed by atoms with Gasteiger partial charge in [0.15, 0.2) is 5.66 Å². The van der Waals surface area contributed by atoms with Gasteiger partial charge >= 0.3 is 0 Å². The van der Waals surface area contributed by atoms with Gasteiger partial charge < -0.3 is 10.2 Å². The molecule has 0 bridgehead atoms. The topological polar surface area (TPSA) is 92.0 Å². The Morgan fingerprint density at radius 1 is 1.23 bits per heavy atom. The molecule has 1 aromatic carbocycles. The van der Waals surface area contributed by atoms with Gasteiger partial charge in [-0.1, -0.05) is 18.2 Å². The number of carbonyl (C=O) groups excluding carboxylic acids is 2. The van der Waals surface area contributed by atoms with Crippen molar-refractivity contribution < 1.29 is 9.59 Å². The lowest BCUT2D eigenvalue weighted by Crippen LogP contribution is -2.46. The molecule has 1 aromatic heterocycles. The third kappa shape index (κ3) is 4.10. The second-order valence-electron chi connectivity index (χ2n) is 7.57. The van der Waals surface area contributed by atoms with Crippen LogP contribution in [0.3, 0.4) is 0 Å². The van der Waals surface area contributed by atoms with Crippen LogP contribution in [0.25, 0.3) is 5.69 Å². The first-order valence-electron chi connectivity index (χ1n) is 10.2. The van der Waals surface area contributed by atoms with Crippen molar-refractivity contribution in [3.05, 3.63) is 48.5 Å². The van der Waals surface area contributed by atoms with E-state index in [9.17, 15) is 9.59 Å². The van der Waals surface area contributed by atoms with Gasteiger partial charge in [-0.25, -0.2) is 4.98 Å². The highest BCUT2D eigenvalue weighted by molar-refractivity contribution is 5.97. The molecule has 30 heavy (non-hydrogen) atoms. The number of carbonyl (C=O) groups is 2. The summed E-state index contributed by atoms with van der Waals surface area (Å²) in [6.45, 7) is 1.00. The monoisotopic (exact) mass is 404 g/mol. The van der Waals surface area contributed by atoms with Crippen molar-refractivity contribution in [1.82, 2.24) is 19.8 Å². The van der Waals surface area contributed by atoms with Crippen LogP contribution in [0.1, 0.15) is 42.6 Å². The summed E-state index contributed by atoms with van der Waals surface area (Å²) in [6.07, 6.45) is 11.9. The summed E-state index contributed by atoms with van der Waals surface area (Å²) in [5.41, 5.74) is 0.880. The van der Waals surface area contributed by atoms with E-state index in [2.05, 4.69) is 26.4 Å². The highest BCUT2D eigenvalue weighted by atomic mass is 16.2. The summed E-state index contributed by atoms with van der Waals surface area (Å²) >= 11 is 0. The van der Waals surface area contributed by atoms with E-state index in [0.29, 0.717) is 44.5 Å². The van der Waals surface area contributed by atoms with Gasteiger partial charge in [0.2, 0.25) is 5.91 Å². The quantitative estimate of drug-likeness (QED) is 0.686. The van der Waals surface area contributed by atoms with Crippen LogP contribution in [0, 0.1) is 12.3 Å². The summed E-state index contributed by atoms with van der Waals surface area (Å²) < 4.78 is 1.75. The van der Waals surface area contributed by atoms with Gasteiger partial charge in [0.05, 0.1) is 12.5 Å². The van der Waals surface area contributed by atoms with Gasteiger partial charge in [0, 0.05) is 38.0 Å². The molecule has 8 nitrogen and oxygen atoms in total. The number of benzene rings is 1. The lowest BCUT2D eigenvalue weighted by atomic mass is 10.0. The van der Waals surface area contributed by atoms with Crippen molar-refractivity contribution in [2.75, 3.05) is 13.1 Å². The number of nitrogens with zero attached hydrogens (tertiary/aromatic N) is 5. The van der Waals surface area contributed by atoms with Crippen molar-refractivity contribution in [1.29, 1.82) is 0 Å².